The average Bonchev–Trinajstić information content (AvgIpc) is 2.95. The number of hydrogen-bond donors (Lipinski definition) is 5. The van der Waals surface area contributed by atoms with E-state index < -0.39 is 0 Å². The number of allylic oxidation sites excluding steroid dienone is 3. The molecular weight excluding hydrogens is 504 g/mol. The summed E-state index contributed by atoms with van der Waals surface area (Å²) in [6.07, 6.45) is 13.6. The van der Waals surface area contributed by atoms with Crippen LogP contribution < -0.4 is 21.3 Å². The molecule has 2 fully saturated rings. The molecule has 4 aliphatic rings. The summed E-state index contributed by atoms with van der Waals surface area (Å²) in [7, 11) is 0. The third kappa shape index (κ3) is 7.69. The van der Waals surface area contributed by atoms with Gasteiger partial charge in [0.1, 0.15) is 17.8 Å². The molecule has 9 nitrogen and oxygen atoms in total. The molecular formula is C31H44N6O3. The number of anilines is 1. The normalized spacial score (nSPS) is 29.8. The molecule has 216 valence electrons. The molecule has 2 saturated heterocycles. The van der Waals surface area contributed by atoms with E-state index in [4.69, 9.17) is 4.74 Å². The number of hydrogen-bond acceptors (Lipinski definition) is 8. The zero-order valence-corrected chi connectivity index (χ0v) is 23.7. The van der Waals surface area contributed by atoms with Gasteiger partial charge in [0.05, 0.1) is 12.3 Å². The van der Waals surface area contributed by atoms with Crippen LogP contribution in [0.25, 0.3) is 0 Å². The lowest BCUT2D eigenvalue weighted by Gasteiger charge is -2.50. The van der Waals surface area contributed by atoms with E-state index in [0.717, 1.165) is 74.8 Å². The summed E-state index contributed by atoms with van der Waals surface area (Å²) in [5.41, 5.74) is 1.30. The number of nitrogens with zero attached hydrogens (tertiary/aromatic N) is 2. The van der Waals surface area contributed by atoms with Crippen molar-refractivity contribution < 1.29 is 14.6 Å². The van der Waals surface area contributed by atoms with Crippen molar-refractivity contribution in [3.8, 4) is 0 Å². The Hall–Kier alpha value is -2.79. The van der Waals surface area contributed by atoms with Gasteiger partial charge in [-0.3, -0.25) is 30.5 Å². The van der Waals surface area contributed by atoms with E-state index in [1.54, 1.807) is 0 Å². The van der Waals surface area contributed by atoms with Crippen LogP contribution in [0, 0.1) is 0 Å². The SMILES string of the molecule is CC1CC(C)(N[C@@H]2C=CC(OC3=CCCC(C(=O)Nc4ccccc4)=C3)=CC2)N[C@H](N2CCN(CCO)CC2)N1. The van der Waals surface area contributed by atoms with Gasteiger partial charge < -0.3 is 15.2 Å². The molecule has 2 aliphatic carbocycles. The molecule has 0 saturated carbocycles. The quantitative estimate of drug-likeness (QED) is 0.321. The van der Waals surface area contributed by atoms with Crippen LogP contribution in [0.4, 0.5) is 5.69 Å². The van der Waals surface area contributed by atoms with Crippen molar-refractivity contribution in [2.75, 3.05) is 44.6 Å². The molecule has 1 aromatic carbocycles. The van der Waals surface area contributed by atoms with Gasteiger partial charge in [0.15, 0.2) is 0 Å². The number of piperazine rings is 1. The lowest BCUT2D eigenvalue weighted by Crippen LogP contribution is -2.74. The molecule has 2 heterocycles. The van der Waals surface area contributed by atoms with Gasteiger partial charge in [-0.05, 0) is 76.0 Å². The fourth-order valence-electron chi connectivity index (χ4n) is 6.01. The molecule has 5 rings (SSSR count). The Morgan fingerprint density at radius 2 is 1.95 bits per heavy atom. The van der Waals surface area contributed by atoms with Crippen molar-refractivity contribution in [3.63, 3.8) is 0 Å². The summed E-state index contributed by atoms with van der Waals surface area (Å²) >= 11 is 0. The molecule has 0 spiro atoms. The second-order valence-electron chi connectivity index (χ2n) is 11.4. The Kier molecular flexibility index (Phi) is 9.52. The highest BCUT2D eigenvalue weighted by Crippen LogP contribution is 2.25. The van der Waals surface area contributed by atoms with E-state index in [9.17, 15) is 9.90 Å². The summed E-state index contributed by atoms with van der Waals surface area (Å²) < 4.78 is 6.17. The second kappa shape index (κ2) is 13.2. The lowest BCUT2D eigenvalue weighted by molar-refractivity contribution is -0.113. The Balaban J connectivity index is 1.12. The maximum atomic E-state index is 12.7. The molecule has 5 N–H and O–H groups in total. The number of carbonyl (C=O) groups excluding carboxylic acids is 1. The van der Waals surface area contributed by atoms with Crippen LogP contribution in [0.2, 0.25) is 0 Å². The van der Waals surface area contributed by atoms with Crippen LogP contribution in [0.5, 0.6) is 0 Å². The van der Waals surface area contributed by atoms with Crippen LogP contribution in [-0.4, -0.2) is 84.2 Å². The van der Waals surface area contributed by atoms with Crippen LogP contribution in [-0.2, 0) is 9.53 Å². The molecule has 40 heavy (non-hydrogen) atoms. The predicted molar refractivity (Wildman–Crippen MR) is 158 cm³/mol. The minimum absolute atomic E-state index is 0.0832. The number of rotatable bonds is 9. The minimum Gasteiger partial charge on any atom is -0.458 e. The predicted octanol–water partition coefficient (Wildman–Crippen LogP) is 2.63. The smallest absolute Gasteiger partial charge is 0.251 e. The second-order valence-corrected chi connectivity index (χ2v) is 11.4. The molecule has 0 bridgehead atoms. The highest BCUT2D eigenvalue weighted by Gasteiger charge is 2.38. The highest BCUT2D eigenvalue weighted by molar-refractivity contribution is 6.04. The number of amides is 1. The third-order valence-corrected chi connectivity index (χ3v) is 8.00. The molecule has 2 aliphatic heterocycles. The Morgan fingerprint density at radius 1 is 1.15 bits per heavy atom. The zero-order chi connectivity index (χ0) is 28.0. The van der Waals surface area contributed by atoms with Gasteiger partial charge in [-0.25, -0.2) is 0 Å². The summed E-state index contributed by atoms with van der Waals surface area (Å²) in [6, 6.07) is 10.1. The molecule has 4 atom stereocenters. The van der Waals surface area contributed by atoms with E-state index >= 15 is 0 Å². The van der Waals surface area contributed by atoms with Crippen LogP contribution >= 0.6 is 0 Å². The first-order chi connectivity index (χ1) is 19.4. The van der Waals surface area contributed by atoms with Gasteiger partial charge in [-0.2, -0.15) is 0 Å². The number of para-hydroxylation sites is 1. The number of nitrogens with one attached hydrogen (secondary N) is 4. The first-order valence-corrected chi connectivity index (χ1v) is 14.6. The van der Waals surface area contributed by atoms with E-state index in [-0.39, 0.29) is 30.5 Å². The van der Waals surface area contributed by atoms with Crippen molar-refractivity contribution in [1.82, 2.24) is 25.8 Å². The Bertz CT molecular complexity index is 1140. The first-order valence-electron chi connectivity index (χ1n) is 14.6. The zero-order valence-electron chi connectivity index (χ0n) is 23.7. The van der Waals surface area contributed by atoms with Crippen molar-refractivity contribution in [2.45, 2.75) is 63.6 Å². The largest absolute Gasteiger partial charge is 0.458 e. The number of aliphatic hydroxyl groups excluding tert-OH is 1. The third-order valence-electron chi connectivity index (χ3n) is 8.00. The highest BCUT2D eigenvalue weighted by atomic mass is 16.5. The fourth-order valence-corrected chi connectivity index (χ4v) is 6.01. The Labute approximate surface area is 238 Å². The van der Waals surface area contributed by atoms with Gasteiger partial charge in [-0.15, -0.1) is 0 Å². The summed E-state index contributed by atoms with van der Waals surface area (Å²) in [4.78, 5) is 17.5. The summed E-state index contributed by atoms with van der Waals surface area (Å²) in [5, 5.41) is 23.6. The molecule has 2 unspecified atom stereocenters. The fraction of sp³-hybridized carbons (Fsp3) is 0.516. The van der Waals surface area contributed by atoms with Gasteiger partial charge in [0.2, 0.25) is 0 Å². The number of β-amino-alcohol motifs (C(OH)–C–C–N with tert-alkyl or cyclic N) is 1. The van der Waals surface area contributed by atoms with Crippen molar-refractivity contribution in [3.05, 3.63) is 77.8 Å². The van der Waals surface area contributed by atoms with Gasteiger partial charge >= 0.3 is 0 Å². The van der Waals surface area contributed by atoms with Crippen LogP contribution in [0.15, 0.2) is 77.8 Å². The molecule has 1 aromatic rings. The molecule has 9 heteroatoms. The van der Waals surface area contributed by atoms with Gasteiger partial charge in [-0.1, -0.05) is 24.3 Å². The van der Waals surface area contributed by atoms with Crippen LogP contribution in [0.1, 0.15) is 39.5 Å². The van der Waals surface area contributed by atoms with E-state index in [1.807, 2.05) is 48.6 Å². The number of aliphatic hydroxyl groups is 1. The van der Waals surface area contributed by atoms with Crippen molar-refractivity contribution >= 4 is 11.6 Å². The first kappa shape index (κ1) is 28.7. The van der Waals surface area contributed by atoms with Crippen LogP contribution in [0.3, 0.4) is 0 Å². The van der Waals surface area contributed by atoms with Gasteiger partial charge in [0, 0.05) is 56.1 Å². The van der Waals surface area contributed by atoms with Crippen molar-refractivity contribution in [2.24, 2.45) is 0 Å². The maximum Gasteiger partial charge on any atom is 0.251 e. The molecule has 0 radical (unpaired) electrons. The monoisotopic (exact) mass is 548 g/mol. The maximum absolute atomic E-state index is 12.7. The number of ether oxygens (including phenoxy) is 1. The van der Waals surface area contributed by atoms with E-state index in [1.165, 1.54) is 0 Å². The Morgan fingerprint density at radius 3 is 2.67 bits per heavy atom. The molecule has 0 aromatic heterocycles. The topological polar surface area (TPSA) is 101 Å². The van der Waals surface area contributed by atoms with E-state index in [0.29, 0.717) is 12.5 Å². The number of carbonyl (C=O) groups is 1. The number of benzene rings is 1. The van der Waals surface area contributed by atoms with E-state index in [2.05, 4.69) is 57.1 Å². The standard InChI is InChI=1S/C31H44N6O3/c1-23-22-31(2,35-30(32-23)37-17-15-36(16-18-37)19-20-38)34-26-11-13-27(14-12-26)40-28-10-6-7-24(21-28)29(39)33-25-8-4-3-5-9-25/h3-5,8-11,13-14,21,23,26,30,32,34-35,38H,6-7,12,15-20,22H2,1-2H3,(H,33,39)/t23?,26-,30-,31?/m1/s1. The lowest BCUT2D eigenvalue weighted by atomic mass is 9.96. The minimum atomic E-state index is -0.214. The molecule has 1 amide bonds. The summed E-state index contributed by atoms with van der Waals surface area (Å²) in [6.45, 7) is 9.36. The summed E-state index contributed by atoms with van der Waals surface area (Å²) in [5.74, 6) is 1.44. The van der Waals surface area contributed by atoms with Crippen molar-refractivity contribution in [1.29, 1.82) is 0 Å². The average molecular weight is 549 g/mol. The van der Waals surface area contributed by atoms with Gasteiger partial charge in [0.25, 0.3) is 5.91 Å².